The first-order chi connectivity index (χ1) is 6.33. The Morgan fingerprint density at radius 3 is 3.08 bits per heavy atom. The minimum atomic E-state index is 0.537. The van der Waals surface area contributed by atoms with Crippen molar-refractivity contribution < 1.29 is 0 Å². The van der Waals surface area contributed by atoms with E-state index in [0.717, 1.165) is 13.0 Å². The zero-order chi connectivity index (χ0) is 9.26. The van der Waals surface area contributed by atoms with Crippen LogP contribution in [0.4, 0.5) is 0 Å². The molecule has 1 N–H and O–H groups in total. The van der Waals surface area contributed by atoms with E-state index in [-0.39, 0.29) is 0 Å². The first-order valence-corrected chi connectivity index (χ1v) is 5.17. The Morgan fingerprint density at radius 2 is 2.31 bits per heavy atom. The monoisotopic (exact) mass is 175 g/mol. The van der Waals surface area contributed by atoms with Gasteiger partial charge in [-0.25, -0.2) is 0 Å². The van der Waals surface area contributed by atoms with Crippen molar-refractivity contribution >= 4 is 0 Å². The Morgan fingerprint density at radius 1 is 1.46 bits per heavy atom. The Balaban J connectivity index is 2.48. The summed E-state index contributed by atoms with van der Waals surface area (Å²) < 4.78 is 0. The van der Waals surface area contributed by atoms with Gasteiger partial charge in [-0.1, -0.05) is 25.1 Å². The van der Waals surface area contributed by atoms with Gasteiger partial charge in [-0.15, -0.1) is 0 Å². The average molecular weight is 175 g/mol. The molecule has 0 radical (unpaired) electrons. The van der Waals surface area contributed by atoms with Crippen molar-refractivity contribution in [1.29, 1.82) is 0 Å². The van der Waals surface area contributed by atoms with Gasteiger partial charge in [0, 0.05) is 6.04 Å². The Bertz CT molecular complexity index is 304. The molecule has 0 amide bonds. The van der Waals surface area contributed by atoms with E-state index in [9.17, 15) is 0 Å². The summed E-state index contributed by atoms with van der Waals surface area (Å²) in [4.78, 5) is 0. The molecule has 0 spiro atoms. The summed E-state index contributed by atoms with van der Waals surface area (Å²) in [6.07, 6.45) is 2.36. The molecule has 1 atom stereocenters. The molecule has 0 saturated heterocycles. The second-order valence-corrected chi connectivity index (χ2v) is 3.76. The highest BCUT2D eigenvalue weighted by Gasteiger charge is 2.16. The smallest absolute Gasteiger partial charge is 0.0294 e. The minimum absolute atomic E-state index is 0.537. The molecule has 1 nitrogen and oxygen atoms in total. The molecule has 13 heavy (non-hydrogen) atoms. The molecule has 1 aliphatic heterocycles. The maximum atomic E-state index is 3.49. The highest BCUT2D eigenvalue weighted by Crippen LogP contribution is 2.25. The highest BCUT2D eigenvalue weighted by molar-refractivity contribution is 5.38. The molecule has 1 heterocycles. The Hall–Kier alpha value is -0.820. The first-order valence-electron chi connectivity index (χ1n) is 5.17. The lowest BCUT2D eigenvalue weighted by Crippen LogP contribution is -2.28. The van der Waals surface area contributed by atoms with Crippen molar-refractivity contribution in [3.8, 4) is 0 Å². The van der Waals surface area contributed by atoms with Crippen LogP contribution < -0.4 is 5.32 Å². The zero-order valence-electron chi connectivity index (χ0n) is 8.43. The summed E-state index contributed by atoms with van der Waals surface area (Å²) in [5.74, 6) is 0. The second kappa shape index (κ2) is 3.51. The first kappa shape index (κ1) is 8.76. The summed E-state index contributed by atoms with van der Waals surface area (Å²) in [6.45, 7) is 5.62. The van der Waals surface area contributed by atoms with Crippen LogP contribution in [0.1, 0.15) is 36.6 Å². The fourth-order valence-corrected chi connectivity index (χ4v) is 2.22. The van der Waals surface area contributed by atoms with Gasteiger partial charge in [0.05, 0.1) is 0 Å². The third-order valence-electron chi connectivity index (χ3n) is 2.98. The van der Waals surface area contributed by atoms with Gasteiger partial charge in [0.15, 0.2) is 0 Å². The van der Waals surface area contributed by atoms with E-state index < -0.39 is 0 Å². The summed E-state index contributed by atoms with van der Waals surface area (Å²) in [7, 11) is 0. The molecule has 1 aromatic carbocycles. The maximum Gasteiger partial charge on any atom is 0.0294 e. The van der Waals surface area contributed by atoms with E-state index in [0.29, 0.717) is 6.04 Å². The lowest BCUT2D eigenvalue weighted by atomic mass is 9.90. The fraction of sp³-hybridized carbons (Fsp3) is 0.500. The van der Waals surface area contributed by atoms with Crippen LogP contribution in [-0.2, 0) is 12.8 Å². The van der Waals surface area contributed by atoms with Gasteiger partial charge in [-0.2, -0.15) is 0 Å². The number of rotatable bonds is 1. The predicted molar refractivity (Wildman–Crippen MR) is 55.9 cm³/mol. The third-order valence-corrected chi connectivity index (χ3v) is 2.98. The molecule has 0 aliphatic carbocycles. The number of hydrogen-bond donors (Lipinski definition) is 1. The van der Waals surface area contributed by atoms with Crippen LogP contribution in [0, 0.1) is 0 Å². The minimum Gasteiger partial charge on any atom is -0.310 e. The van der Waals surface area contributed by atoms with Crippen molar-refractivity contribution in [2.75, 3.05) is 6.54 Å². The lowest BCUT2D eigenvalue weighted by molar-refractivity contribution is 0.538. The Labute approximate surface area is 80.2 Å². The van der Waals surface area contributed by atoms with Crippen LogP contribution in [0.5, 0.6) is 0 Å². The van der Waals surface area contributed by atoms with Gasteiger partial charge >= 0.3 is 0 Å². The molecular weight excluding hydrogens is 158 g/mol. The molecule has 0 fully saturated rings. The van der Waals surface area contributed by atoms with Crippen LogP contribution in [0.15, 0.2) is 18.2 Å². The standard InChI is InChI=1S/C12H17N/c1-3-10-5-4-6-11-9(2)13-8-7-12(10)11/h4-6,9,13H,3,7-8H2,1-2H3/t9-/m0/s1. The van der Waals surface area contributed by atoms with E-state index in [1.807, 2.05) is 0 Å². The second-order valence-electron chi connectivity index (χ2n) is 3.76. The summed E-state index contributed by atoms with van der Waals surface area (Å²) in [6, 6.07) is 7.24. The van der Waals surface area contributed by atoms with Gasteiger partial charge in [0.2, 0.25) is 0 Å². The number of nitrogens with one attached hydrogen (secondary N) is 1. The van der Waals surface area contributed by atoms with Crippen molar-refractivity contribution in [2.45, 2.75) is 32.7 Å². The largest absolute Gasteiger partial charge is 0.310 e. The van der Waals surface area contributed by atoms with Crippen molar-refractivity contribution in [3.05, 3.63) is 34.9 Å². The molecule has 1 aliphatic rings. The van der Waals surface area contributed by atoms with E-state index >= 15 is 0 Å². The molecule has 70 valence electrons. The topological polar surface area (TPSA) is 12.0 Å². The van der Waals surface area contributed by atoms with Gasteiger partial charge in [0.25, 0.3) is 0 Å². The van der Waals surface area contributed by atoms with Crippen LogP contribution in [0.3, 0.4) is 0 Å². The summed E-state index contributed by atoms with van der Waals surface area (Å²) in [5.41, 5.74) is 4.63. The summed E-state index contributed by atoms with van der Waals surface area (Å²) >= 11 is 0. The molecule has 1 heteroatoms. The zero-order valence-corrected chi connectivity index (χ0v) is 8.43. The van der Waals surface area contributed by atoms with E-state index in [1.54, 1.807) is 5.56 Å². The Kier molecular flexibility index (Phi) is 2.36. The number of aryl methyl sites for hydroxylation is 1. The molecule has 0 unspecified atom stereocenters. The number of fused-ring (bicyclic) bond motifs is 1. The third kappa shape index (κ3) is 1.49. The summed E-state index contributed by atoms with van der Waals surface area (Å²) in [5, 5.41) is 3.49. The quantitative estimate of drug-likeness (QED) is 0.691. The van der Waals surface area contributed by atoms with Gasteiger partial charge in [-0.3, -0.25) is 0 Å². The highest BCUT2D eigenvalue weighted by atomic mass is 14.9. The van der Waals surface area contributed by atoms with Crippen LogP contribution in [0.2, 0.25) is 0 Å². The average Bonchev–Trinajstić information content (AvgIpc) is 2.18. The van der Waals surface area contributed by atoms with Crippen LogP contribution in [0.25, 0.3) is 0 Å². The normalized spacial score (nSPS) is 21.2. The van der Waals surface area contributed by atoms with Crippen molar-refractivity contribution in [2.24, 2.45) is 0 Å². The number of benzene rings is 1. The lowest BCUT2D eigenvalue weighted by Gasteiger charge is -2.25. The number of hydrogen-bond acceptors (Lipinski definition) is 1. The fourth-order valence-electron chi connectivity index (χ4n) is 2.22. The van der Waals surface area contributed by atoms with Gasteiger partial charge in [-0.05, 0) is 43.0 Å². The van der Waals surface area contributed by atoms with E-state index in [2.05, 4.69) is 37.4 Å². The van der Waals surface area contributed by atoms with Gasteiger partial charge in [0.1, 0.15) is 0 Å². The molecule has 1 aromatic rings. The predicted octanol–water partition coefficient (Wildman–Crippen LogP) is 2.46. The van der Waals surface area contributed by atoms with E-state index in [4.69, 9.17) is 0 Å². The van der Waals surface area contributed by atoms with Crippen LogP contribution >= 0.6 is 0 Å². The van der Waals surface area contributed by atoms with Crippen molar-refractivity contribution in [3.63, 3.8) is 0 Å². The molecular formula is C12H17N. The van der Waals surface area contributed by atoms with E-state index in [1.165, 1.54) is 17.5 Å². The molecule has 0 bridgehead atoms. The SMILES string of the molecule is CCc1cccc2c1CCN[C@H]2C. The van der Waals surface area contributed by atoms with Crippen LogP contribution in [-0.4, -0.2) is 6.54 Å². The maximum absolute atomic E-state index is 3.49. The van der Waals surface area contributed by atoms with Crippen molar-refractivity contribution in [1.82, 2.24) is 5.32 Å². The molecule has 0 aromatic heterocycles. The molecule has 0 saturated carbocycles. The molecule has 2 rings (SSSR count). The van der Waals surface area contributed by atoms with Gasteiger partial charge < -0.3 is 5.32 Å².